The van der Waals surface area contributed by atoms with Gasteiger partial charge in [-0.05, 0) is 55.3 Å². The second kappa shape index (κ2) is 9.95. The molecule has 1 N–H and O–H groups in total. The van der Waals surface area contributed by atoms with Crippen molar-refractivity contribution in [2.45, 2.75) is 25.7 Å². The Hall–Kier alpha value is -1.36. The monoisotopic (exact) mass is 397 g/mol. The van der Waals surface area contributed by atoms with Crippen molar-refractivity contribution in [3.05, 3.63) is 63.6 Å². The number of hydrogen-bond acceptors (Lipinski definition) is 3. The van der Waals surface area contributed by atoms with Crippen molar-refractivity contribution in [3.63, 3.8) is 0 Å². The molecule has 0 aliphatic rings. The van der Waals surface area contributed by atoms with E-state index in [4.69, 9.17) is 27.9 Å². The van der Waals surface area contributed by atoms with Crippen molar-refractivity contribution in [3.8, 4) is 5.75 Å². The summed E-state index contributed by atoms with van der Waals surface area (Å²) in [7, 11) is 0. The Balaban J connectivity index is 1.67. The lowest BCUT2D eigenvalue weighted by Gasteiger charge is -2.15. The molecule has 0 aliphatic heterocycles. The van der Waals surface area contributed by atoms with Crippen LogP contribution >= 0.6 is 35.0 Å². The minimum Gasteiger partial charge on any atom is -0.481 e. The summed E-state index contributed by atoms with van der Waals surface area (Å²) in [5, 5.41) is 4.32. The minimum atomic E-state index is -0.554. The first-order valence-electron chi connectivity index (χ1n) is 7.98. The van der Waals surface area contributed by atoms with Gasteiger partial charge in [-0.3, -0.25) is 4.79 Å². The third-order valence-corrected chi connectivity index (χ3v) is 5.25. The van der Waals surface area contributed by atoms with Gasteiger partial charge in [0.2, 0.25) is 0 Å². The molecule has 0 aromatic heterocycles. The number of rotatable bonds is 8. The zero-order chi connectivity index (χ0) is 18.2. The van der Waals surface area contributed by atoms with E-state index in [2.05, 4.69) is 5.32 Å². The molecular weight excluding hydrogens is 377 g/mol. The van der Waals surface area contributed by atoms with Gasteiger partial charge < -0.3 is 10.1 Å². The Morgan fingerprint density at radius 1 is 1.20 bits per heavy atom. The van der Waals surface area contributed by atoms with Gasteiger partial charge in [0.15, 0.2) is 6.10 Å². The van der Waals surface area contributed by atoms with Crippen LogP contribution in [0.5, 0.6) is 5.75 Å². The molecule has 0 aliphatic carbocycles. The molecule has 2 rings (SSSR count). The zero-order valence-corrected chi connectivity index (χ0v) is 16.5. The van der Waals surface area contributed by atoms with E-state index < -0.39 is 6.10 Å². The maximum absolute atomic E-state index is 12.1. The molecule has 134 valence electrons. The molecule has 0 spiro atoms. The third kappa shape index (κ3) is 6.81. The predicted octanol–water partition coefficient (Wildman–Crippen LogP) is 5.12. The van der Waals surface area contributed by atoms with E-state index in [-0.39, 0.29) is 5.91 Å². The topological polar surface area (TPSA) is 38.3 Å². The van der Waals surface area contributed by atoms with Gasteiger partial charge in [0.1, 0.15) is 5.75 Å². The number of benzene rings is 2. The van der Waals surface area contributed by atoms with Crippen molar-refractivity contribution < 1.29 is 9.53 Å². The van der Waals surface area contributed by atoms with Crippen molar-refractivity contribution >= 4 is 40.9 Å². The van der Waals surface area contributed by atoms with Crippen LogP contribution in [0.1, 0.15) is 18.1 Å². The molecule has 0 heterocycles. The summed E-state index contributed by atoms with van der Waals surface area (Å²) in [6, 6.07) is 13.2. The van der Waals surface area contributed by atoms with E-state index in [0.717, 1.165) is 22.1 Å². The molecule has 0 bridgehead atoms. The van der Waals surface area contributed by atoms with E-state index in [1.54, 1.807) is 30.8 Å². The Morgan fingerprint density at radius 3 is 2.60 bits per heavy atom. The van der Waals surface area contributed by atoms with Gasteiger partial charge in [-0.15, -0.1) is 0 Å². The summed E-state index contributed by atoms with van der Waals surface area (Å²) >= 11 is 13.6. The standard InChI is InChI=1S/C19H21Cl2NO2S/c1-13-11-17(7-8-18(13)21)24-14(2)19(23)22-9-10-25-12-15-3-5-16(20)6-4-15/h3-8,11,14H,9-10,12H2,1-2H3,(H,22,23). The number of halogens is 2. The number of carbonyl (C=O) groups is 1. The van der Waals surface area contributed by atoms with Crippen LogP contribution < -0.4 is 10.1 Å². The van der Waals surface area contributed by atoms with Crippen LogP contribution in [0.25, 0.3) is 0 Å². The summed E-state index contributed by atoms with van der Waals surface area (Å²) in [5.74, 6) is 2.24. The van der Waals surface area contributed by atoms with E-state index in [1.165, 1.54) is 5.56 Å². The molecule has 0 saturated carbocycles. The van der Waals surface area contributed by atoms with Gasteiger partial charge in [-0.2, -0.15) is 11.8 Å². The summed E-state index contributed by atoms with van der Waals surface area (Å²) < 4.78 is 5.66. The summed E-state index contributed by atoms with van der Waals surface area (Å²) in [4.78, 5) is 12.1. The van der Waals surface area contributed by atoms with Gasteiger partial charge in [0, 0.05) is 28.1 Å². The number of ether oxygens (including phenoxy) is 1. The number of hydrogen-bond donors (Lipinski definition) is 1. The second-order valence-corrected chi connectivity index (χ2v) is 7.59. The largest absolute Gasteiger partial charge is 0.481 e. The Labute approximate surface area is 163 Å². The molecule has 3 nitrogen and oxygen atoms in total. The van der Waals surface area contributed by atoms with Crippen molar-refractivity contribution in [2.24, 2.45) is 0 Å². The molecule has 1 amide bonds. The van der Waals surface area contributed by atoms with E-state index in [9.17, 15) is 4.79 Å². The smallest absolute Gasteiger partial charge is 0.260 e. The number of thioether (sulfide) groups is 1. The molecule has 0 saturated heterocycles. The first-order valence-corrected chi connectivity index (χ1v) is 9.89. The molecule has 0 radical (unpaired) electrons. The zero-order valence-electron chi connectivity index (χ0n) is 14.2. The number of carbonyl (C=O) groups excluding carboxylic acids is 1. The lowest BCUT2D eigenvalue weighted by atomic mass is 10.2. The molecule has 1 atom stereocenters. The van der Waals surface area contributed by atoms with Gasteiger partial charge in [-0.25, -0.2) is 0 Å². The van der Waals surface area contributed by atoms with Crippen molar-refractivity contribution in [1.29, 1.82) is 0 Å². The molecule has 6 heteroatoms. The number of amides is 1. The van der Waals surface area contributed by atoms with E-state index in [1.807, 2.05) is 37.3 Å². The predicted molar refractivity (Wildman–Crippen MR) is 107 cm³/mol. The highest BCUT2D eigenvalue weighted by Gasteiger charge is 2.14. The third-order valence-electron chi connectivity index (χ3n) is 3.54. The van der Waals surface area contributed by atoms with Gasteiger partial charge >= 0.3 is 0 Å². The van der Waals surface area contributed by atoms with Gasteiger partial charge in [0.25, 0.3) is 5.91 Å². The fourth-order valence-corrected chi connectivity index (χ4v) is 3.17. The van der Waals surface area contributed by atoms with Crippen LogP contribution in [0.4, 0.5) is 0 Å². The van der Waals surface area contributed by atoms with E-state index >= 15 is 0 Å². The fraction of sp³-hybridized carbons (Fsp3) is 0.316. The second-order valence-electron chi connectivity index (χ2n) is 5.64. The van der Waals surface area contributed by atoms with Crippen LogP contribution in [-0.2, 0) is 10.5 Å². The van der Waals surface area contributed by atoms with Crippen LogP contribution in [-0.4, -0.2) is 24.3 Å². The average molecular weight is 398 g/mol. The average Bonchev–Trinajstić information content (AvgIpc) is 2.59. The first-order chi connectivity index (χ1) is 12.0. The highest BCUT2D eigenvalue weighted by atomic mass is 35.5. The minimum absolute atomic E-state index is 0.125. The van der Waals surface area contributed by atoms with Crippen LogP contribution in [0, 0.1) is 6.92 Å². The lowest BCUT2D eigenvalue weighted by molar-refractivity contribution is -0.127. The Morgan fingerprint density at radius 2 is 1.92 bits per heavy atom. The molecule has 25 heavy (non-hydrogen) atoms. The quantitative estimate of drug-likeness (QED) is 0.628. The summed E-state index contributed by atoms with van der Waals surface area (Å²) in [6.45, 7) is 4.24. The highest BCUT2D eigenvalue weighted by molar-refractivity contribution is 7.98. The molecule has 0 fully saturated rings. The van der Waals surface area contributed by atoms with E-state index in [0.29, 0.717) is 17.3 Å². The fourth-order valence-electron chi connectivity index (χ4n) is 2.11. The Kier molecular flexibility index (Phi) is 7.94. The van der Waals surface area contributed by atoms with Crippen molar-refractivity contribution in [1.82, 2.24) is 5.32 Å². The lowest BCUT2D eigenvalue weighted by Crippen LogP contribution is -2.37. The maximum atomic E-state index is 12.1. The molecule has 2 aromatic carbocycles. The SMILES string of the molecule is Cc1cc(OC(C)C(=O)NCCSCc2ccc(Cl)cc2)ccc1Cl. The van der Waals surface area contributed by atoms with Crippen LogP contribution in [0.3, 0.4) is 0 Å². The molecular formula is C19H21Cl2NO2S. The number of aryl methyl sites for hydroxylation is 1. The van der Waals surface area contributed by atoms with Gasteiger partial charge in [-0.1, -0.05) is 35.3 Å². The normalized spacial score (nSPS) is 11.8. The highest BCUT2D eigenvalue weighted by Crippen LogP contribution is 2.22. The Bertz CT molecular complexity index is 707. The van der Waals surface area contributed by atoms with Crippen LogP contribution in [0.2, 0.25) is 10.0 Å². The molecule has 2 aromatic rings. The molecule has 1 unspecified atom stereocenters. The van der Waals surface area contributed by atoms with Crippen molar-refractivity contribution in [2.75, 3.05) is 12.3 Å². The first kappa shape index (κ1) is 20.0. The summed E-state index contributed by atoms with van der Waals surface area (Å²) in [5.41, 5.74) is 2.14. The van der Waals surface area contributed by atoms with Crippen LogP contribution in [0.15, 0.2) is 42.5 Å². The maximum Gasteiger partial charge on any atom is 0.260 e. The van der Waals surface area contributed by atoms with Gasteiger partial charge in [0.05, 0.1) is 0 Å². The summed E-state index contributed by atoms with van der Waals surface area (Å²) in [6.07, 6.45) is -0.554. The number of nitrogens with one attached hydrogen (secondary N) is 1.